The fourth-order valence-electron chi connectivity index (χ4n) is 9.37. The molecule has 0 bridgehead atoms. The first kappa shape index (κ1) is 52.1. The maximum absolute atomic E-state index is 14.4. The van der Waals surface area contributed by atoms with Crippen molar-refractivity contribution >= 4 is 58.7 Å². The van der Waals surface area contributed by atoms with E-state index in [1.165, 1.54) is 22.7 Å². The number of halogens is 3. The highest BCUT2D eigenvalue weighted by atomic mass is 32.2. The highest BCUT2D eigenvalue weighted by Crippen LogP contribution is 2.41. The minimum Gasteiger partial charge on any atom is -0.390 e. The minimum atomic E-state index is -4.65. The number of thioether (sulfide) groups is 1. The number of unbranched alkanes of at least 4 members (excludes halogenated alkanes) is 3. The van der Waals surface area contributed by atoms with Gasteiger partial charge in [0.15, 0.2) is 5.82 Å². The average molecular weight is 987 g/mol. The van der Waals surface area contributed by atoms with E-state index in [4.69, 9.17) is 5.73 Å². The van der Waals surface area contributed by atoms with Gasteiger partial charge in [-0.3, -0.25) is 34.8 Å². The number of benzene rings is 2. The zero-order valence-electron chi connectivity index (χ0n) is 40.0. The maximum atomic E-state index is 14.4. The molecule has 1 spiro atoms. The summed E-state index contributed by atoms with van der Waals surface area (Å²) < 4.78 is 43.3. The van der Waals surface area contributed by atoms with Gasteiger partial charge >= 0.3 is 6.18 Å². The van der Waals surface area contributed by atoms with E-state index in [0.29, 0.717) is 36.3 Å². The number of likely N-dealkylation sites (tertiary alicyclic amines) is 1. The molecule has 20 heteroatoms. The number of hydrogen-bond donors (Lipinski definition) is 5. The fraction of sp³-hybridized carbons (Fsp3) is 0.520. The van der Waals surface area contributed by atoms with Gasteiger partial charge in [-0.15, -0.1) is 5.10 Å². The molecular weight excluding hydrogens is 922 g/mol. The van der Waals surface area contributed by atoms with Crippen LogP contribution >= 0.6 is 11.8 Å². The third kappa shape index (κ3) is 14.9. The number of aliphatic imine (C=N–C) groups is 2. The van der Waals surface area contributed by atoms with Crippen LogP contribution in [-0.2, 0) is 32.3 Å². The number of hydrogen-bond acceptors (Lipinski definition) is 14. The molecule has 0 aliphatic carbocycles. The maximum Gasteiger partial charge on any atom is 0.409 e. The summed E-state index contributed by atoms with van der Waals surface area (Å²) in [6.07, 6.45) is 8.40. The van der Waals surface area contributed by atoms with Gasteiger partial charge in [0.1, 0.15) is 17.1 Å². The molecule has 3 unspecified atom stereocenters. The molecule has 3 aromatic rings. The third-order valence-electron chi connectivity index (χ3n) is 13.4. The van der Waals surface area contributed by atoms with Crippen LogP contribution in [0.1, 0.15) is 99.6 Å². The van der Waals surface area contributed by atoms with E-state index in [9.17, 15) is 32.3 Å². The lowest BCUT2D eigenvalue weighted by molar-refractivity contribution is -0.159. The van der Waals surface area contributed by atoms with Crippen LogP contribution in [0.25, 0.3) is 0 Å². The van der Waals surface area contributed by atoms with Gasteiger partial charge in [0.05, 0.1) is 11.9 Å². The molecule has 16 nitrogen and oxygen atoms in total. The first-order chi connectivity index (χ1) is 33.6. The first-order valence-electron chi connectivity index (χ1n) is 24.1. The lowest BCUT2D eigenvalue weighted by Crippen LogP contribution is -2.57. The number of nitrogens with one attached hydrogen (secondary N) is 4. The number of alkyl halides is 3. The third-order valence-corrected chi connectivity index (χ3v) is 14.3. The highest BCUT2D eigenvalue weighted by Gasteiger charge is 2.48. The average Bonchev–Trinajstić information content (AvgIpc) is 3.75. The number of piperidine rings is 1. The van der Waals surface area contributed by atoms with Crippen molar-refractivity contribution in [2.45, 2.75) is 120 Å². The van der Waals surface area contributed by atoms with E-state index in [1.54, 1.807) is 36.7 Å². The Morgan fingerprint density at radius 1 is 1.04 bits per heavy atom. The zero-order chi connectivity index (χ0) is 49.7. The standard InChI is InChI=1S/C50H65F3N12O4S/c1-35-11-12-36(26-37(35)30-65(34-66)41-14-16-44(68)60-47(41)69)28-58-46(50(51,52)53)40-13-15-42(62-61-40)64-25-19-49(33-64)31-63(32-49)24-6-4-3-5-10-43(67)59-38-8-7-9-39(27-38)70-45-29-56-21-18-48(2,54)17-20-55-22-23-57-45/h7-9,11-13,15,22-23,26-27,29,34,41,46,55,58H,3-6,10,14,16-21,24-25,28,30-33,54H2,1-2H3,(H,59,67)(H,60,68,69)/b23-22+,56-29?,57-45?. The number of carbonyl (C=O) groups excluding carboxylic acids is 4. The fourth-order valence-corrected chi connectivity index (χ4v) is 10.2. The number of anilines is 2. The number of aryl methyl sites for hydroxylation is 1. The summed E-state index contributed by atoms with van der Waals surface area (Å²) in [5.41, 5.74) is 8.76. The summed E-state index contributed by atoms with van der Waals surface area (Å²) in [6, 6.07) is 13.0. The molecule has 3 saturated heterocycles. The monoisotopic (exact) mass is 986 g/mol. The SMILES string of the molecule is Cc1ccc(CNC(c2ccc(N3CCC4(CN(CCCCCCC(=O)Nc5cccc(SC6=N/C=C/NCCC(C)(N)CCN=C6)c5)C4)C3)nn2)C(F)(F)F)cc1CN(C=O)C1CCC(=O)NC1=O. The number of rotatable bonds is 18. The lowest BCUT2D eigenvalue weighted by atomic mass is 9.79. The Bertz CT molecular complexity index is 2390. The number of carbonyl (C=O) groups is 4. The Morgan fingerprint density at radius 2 is 1.87 bits per heavy atom. The van der Waals surface area contributed by atoms with Gasteiger partial charge in [0.25, 0.3) is 0 Å². The summed E-state index contributed by atoms with van der Waals surface area (Å²) in [7, 11) is 0. The molecule has 6 N–H and O–H groups in total. The second-order valence-electron chi connectivity index (χ2n) is 19.3. The Labute approximate surface area is 412 Å². The van der Waals surface area contributed by atoms with E-state index in [-0.39, 0.29) is 48.5 Å². The van der Waals surface area contributed by atoms with Crippen molar-refractivity contribution in [3.05, 3.63) is 89.4 Å². The number of amides is 4. The van der Waals surface area contributed by atoms with Gasteiger partial charge in [-0.25, -0.2) is 4.99 Å². The van der Waals surface area contributed by atoms with Crippen LogP contribution in [0.15, 0.2) is 81.9 Å². The Kier molecular flexibility index (Phi) is 17.8. The topological polar surface area (TPSA) is 203 Å². The van der Waals surface area contributed by atoms with Gasteiger partial charge in [-0.1, -0.05) is 48.9 Å². The van der Waals surface area contributed by atoms with Crippen LogP contribution in [0.3, 0.4) is 0 Å². The van der Waals surface area contributed by atoms with Crippen molar-refractivity contribution in [2.24, 2.45) is 21.1 Å². The van der Waals surface area contributed by atoms with Crippen molar-refractivity contribution in [2.75, 3.05) is 56.0 Å². The molecular formula is C50H65F3N12O4S. The summed E-state index contributed by atoms with van der Waals surface area (Å²) in [5.74, 6) is -0.403. The summed E-state index contributed by atoms with van der Waals surface area (Å²) >= 11 is 1.48. The van der Waals surface area contributed by atoms with Crippen molar-refractivity contribution in [1.29, 1.82) is 0 Å². The van der Waals surface area contributed by atoms with Crippen LogP contribution < -0.4 is 31.9 Å². The van der Waals surface area contributed by atoms with Crippen molar-refractivity contribution in [1.82, 2.24) is 35.9 Å². The predicted octanol–water partition coefficient (Wildman–Crippen LogP) is 6.18. The Hall–Kier alpha value is -5.70. The molecule has 2 aromatic carbocycles. The number of imide groups is 1. The Balaban J connectivity index is 0.799. The predicted molar refractivity (Wildman–Crippen MR) is 266 cm³/mol. The summed E-state index contributed by atoms with van der Waals surface area (Å²) in [6.45, 7) is 9.60. The molecule has 70 heavy (non-hydrogen) atoms. The van der Waals surface area contributed by atoms with Crippen LogP contribution in [0.2, 0.25) is 0 Å². The molecule has 4 aliphatic rings. The molecule has 0 radical (unpaired) electrons. The van der Waals surface area contributed by atoms with Crippen LogP contribution in [0, 0.1) is 12.3 Å². The van der Waals surface area contributed by atoms with E-state index in [1.807, 2.05) is 44.3 Å². The molecule has 376 valence electrons. The van der Waals surface area contributed by atoms with Gasteiger partial charge in [-0.05, 0) is 106 Å². The van der Waals surface area contributed by atoms with Crippen LogP contribution in [0.4, 0.5) is 24.7 Å². The number of aromatic nitrogens is 2. The number of nitrogens with zero attached hydrogens (tertiary/aromatic N) is 7. The number of nitrogens with two attached hydrogens (primary N) is 1. The van der Waals surface area contributed by atoms with E-state index in [2.05, 4.69) is 51.2 Å². The molecule has 0 saturated carbocycles. The van der Waals surface area contributed by atoms with E-state index >= 15 is 0 Å². The lowest BCUT2D eigenvalue weighted by Gasteiger charge is -2.48. The van der Waals surface area contributed by atoms with Gasteiger partial charge in [-0.2, -0.15) is 18.3 Å². The normalized spacial score (nSPS) is 21.7. The molecule has 1 aromatic heterocycles. The van der Waals surface area contributed by atoms with E-state index < -0.39 is 30.1 Å². The second-order valence-corrected chi connectivity index (χ2v) is 20.4. The van der Waals surface area contributed by atoms with Crippen LogP contribution in [-0.4, -0.2) is 119 Å². The minimum absolute atomic E-state index is 0.0119. The van der Waals surface area contributed by atoms with E-state index in [0.717, 1.165) is 105 Å². The Morgan fingerprint density at radius 3 is 2.64 bits per heavy atom. The quantitative estimate of drug-likeness (QED) is 0.0552. The largest absolute Gasteiger partial charge is 0.409 e. The molecule has 4 amide bonds. The second kappa shape index (κ2) is 23.9. The first-order valence-corrected chi connectivity index (χ1v) is 25.0. The van der Waals surface area contributed by atoms with Crippen molar-refractivity contribution in [3.63, 3.8) is 0 Å². The van der Waals surface area contributed by atoms with Gasteiger partial charge in [0.2, 0.25) is 24.1 Å². The smallest absolute Gasteiger partial charge is 0.390 e. The molecule has 7 rings (SSSR count). The van der Waals surface area contributed by atoms with Crippen LogP contribution in [0.5, 0.6) is 0 Å². The zero-order valence-corrected chi connectivity index (χ0v) is 40.8. The molecule has 4 aliphatic heterocycles. The highest BCUT2D eigenvalue weighted by molar-refractivity contribution is 8.15. The summed E-state index contributed by atoms with van der Waals surface area (Å²) in [4.78, 5) is 64.7. The van der Waals surface area contributed by atoms with Gasteiger partial charge < -0.3 is 31.1 Å². The van der Waals surface area contributed by atoms with Crippen molar-refractivity contribution in [3.8, 4) is 0 Å². The molecule has 3 atom stereocenters. The molecule has 3 fully saturated rings. The van der Waals surface area contributed by atoms with Crippen molar-refractivity contribution < 1.29 is 32.3 Å². The summed E-state index contributed by atoms with van der Waals surface area (Å²) in [5, 5.41) is 20.2. The van der Waals surface area contributed by atoms with Gasteiger partial charge in [0, 0.05) is 99.1 Å². The molecule has 5 heterocycles.